The highest BCUT2D eigenvalue weighted by Gasteiger charge is 2.12. The molecule has 0 heterocycles. The zero-order chi connectivity index (χ0) is 16.1. The Labute approximate surface area is 126 Å². The van der Waals surface area contributed by atoms with Crippen molar-refractivity contribution in [1.82, 2.24) is 0 Å². The molecule has 1 amide bonds. The van der Waals surface area contributed by atoms with Crippen LogP contribution in [0.4, 0.5) is 11.4 Å². The van der Waals surface area contributed by atoms with Gasteiger partial charge in [-0.2, -0.15) is 0 Å². The number of rotatable bonds is 5. The topological polar surface area (TPSA) is 102 Å². The fourth-order valence-electron chi connectivity index (χ4n) is 1.79. The SMILES string of the molecule is Cc1ccccc1OCC(=O)Nc1ccc([N+](=O)[O-])cc1O. The molecule has 114 valence electrons. The van der Waals surface area contributed by atoms with Crippen molar-refractivity contribution in [2.45, 2.75) is 6.92 Å². The average Bonchev–Trinajstić information content (AvgIpc) is 2.48. The third-order valence-electron chi connectivity index (χ3n) is 2.92. The summed E-state index contributed by atoms with van der Waals surface area (Å²) in [5.41, 5.74) is 0.726. The number of nitrogens with one attached hydrogen (secondary N) is 1. The van der Waals surface area contributed by atoms with E-state index in [1.165, 1.54) is 12.1 Å². The monoisotopic (exact) mass is 302 g/mol. The average molecular weight is 302 g/mol. The van der Waals surface area contributed by atoms with Crippen LogP contribution in [-0.4, -0.2) is 22.5 Å². The molecule has 0 atom stereocenters. The molecular formula is C15H14N2O5. The molecule has 2 aromatic carbocycles. The summed E-state index contributed by atoms with van der Waals surface area (Å²) < 4.78 is 5.37. The van der Waals surface area contributed by atoms with Gasteiger partial charge in [0.2, 0.25) is 0 Å². The first-order valence-corrected chi connectivity index (χ1v) is 6.43. The number of benzene rings is 2. The zero-order valence-electron chi connectivity index (χ0n) is 11.8. The van der Waals surface area contributed by atoms with Crippen LogP contribution in [-0.2, 0) is 4.79 Å². The number of ether oxygens (including phenoxy) is 1. The second-order valence-electron chi connectivity index (χ2n) is 4.56. The van der Waals surface area contributed by atoms with Crippen molar-refractivity contribution in [3.63, 3.8) is 0 Å². The van der Waals surface area contributed by atoms with Gasteiger partial charge in [-0.05, 0) is 24.6 Å². The molecule has 2 N–H and O–H groups in total. The lowest BCUT2D eigenvalue weighted by molar-refractivity contribution is -0.384. The van der Waals surface area contributed by atoms with E-state index in [-0.39, 0.29) is 23.7 Å². The number of nitrogens with zero attached hydrogens (tertiary/aromatic N) is 1. The van der Waals surface area contributed by atoms with Crippen molar-refractivity contribution in [2.75, 3.05) is 11.9 Å². The van der Waals surface area contributed by atoms with Crippen LogP contribution in [0.5, 0.6) is 11.5 Å². The number of hydrogen-bond donors (Lipinski definition) is 2. The molecule has 0 aromatic heterocycles. The first-order valence-electron chi connectivity index (χ1n) is 6.43. The van der Waals surface area contributed by atoms with Gasteiger partial charge in [0, 0.05) is 6.07 Å². The molecule has 0 saturated heterocycles. The summed E-state index contributed by atoms with van der Waals surface area (Å²) in [6.45, 7) is 1.62. The highest BCUT2D eigenvalue weighted by molar-refractivity contribution is 5.93. The van der Waals surface area contributed by atoms with Gasteiger partial charge < -0.3 is 15.2 Å². The fraction of sp³-hybridized carbons (Fsp3) is 0.133. The van der Waals surface area contributed by atoms with Crippen LogP contribution in [0, 0.1) is 17.0 Å². The first kappa shape index (κ1) is 15.3. The van der Waals surface area contributed by atoms with E-state index in [0.717, 1.165) is 11.6 Å². The number of anilines is 1. The van der Waals surface area contributed by atoms with Gasteiger partial charge in [-0.15, -0.1) is 0 Å². The van der Waals surface area contributed by atoms with E-state index in [4.69, 9.17) is 4.74 Å². The number of nitro benzene ring substituents is 1. The Bertz CT molecular complexity index is 715. The van der Waals surface area contributed by atoms with E-state index in [0.29, 0.717) is 5.75 Å². The minimum absolute atomic E-state index is 0.0870. The summed E-state index contributed by atoms with van der Waals surface area (Å²) >= 11 is 0. The van der Waals surface area contributed by atoms with Crippen molar-refractivity contribution in [3.05, 3.63) is 58.1 Å². The number of para-hydroxylation sites is 1. The Morgan fingerprint density at radius 1 is 1.32 bits per heavy atom. The number of aryl methyl sites for hydroxylation is 1. The number of aromatic hydroxyl groups is 1. The molecule has 2 aromatic rings. The number of amides is 1. The van der Waals surface area contributed by atoms with Gasteiger partial charge in [0.1, 0.15) is 11.5 Å². The highest BCUT2D eigenvalue weighted by Crippen LogP contribution is 2.27. The van der Waals surface area contributed by atoms with Gasteiger partial charge in [-0.1, -0.05) is 18.2 Å². The third-order valence-corrected chi connectivity index (χ3v) is 2.92. The van der Waals surface area contributed by atoms with Gasteiger partial charge in [-0.3, -0.25) is 14.9 Å². The molecule has 0 spiro atoms. The normalized spacial score (nSPS) is 10.0. The molecule has 0 radical (unpaired) electrons. The standard InChI is InChI=1S/C15H14N2O5/c1-10-4-2-3-5-14(10)22-9-15(19)16-12-7-6-11(17(20)21)8-13(12)18/h2-8,18H,9H2,1H3,(H,16,19). The Balaban J connectivity index is 1.98. The van der Waals surface area contributed by atoms with Gasteiger partial charge in [-0.25, -0.2) is 0 Å². The lowest BCUT2D eigenvalue weighted by Crippen LogP contribution is -2.20. The molecule has 0 aliphatic carbocycles. The van der Waals surface area contributed by atoms with Gasteiger partial charge >= 0.3 is 0 Å². The van der Waals surface area contributed by atoms with E-state index >= 15 is 0 Å². The lowest BCUT2D eigenvalue weighted by Gasteiger charge is -2.10. The molecule has 0 fully saturated rings. The predicted octanol–water partition coefficient (Wildman–Crippen LogP) is 2.63. The van der Waals surface area contributed by atoms with Crippen LogP contribution in [0.3, 0.4) is 0 Å². The summed E-state index contributed by atoms with van der Waals surface area (Å²) in [6, 6.07) is 10.7. The molecule has 0 unspecified atom stereocenters. The second-order valence-corrected chi connectivity index (χ2v) is 4.56. The number of hydrogen-bond acceptors (Lipinski definition) is 5. The lowest BCUT2D eigenvalue weighted by atomic mass is 10.2. The Hall–Kier alpha value is -3.09. The summed E-state index contributed by atoms with van der Waals surface area (Å²) in [5.74, 6) is -0.267. The maximum atomic E-state index is 11.8. The number of carbonyl (C=O) groups excluding carboxylic acids is 1. The molecule has 0 aliphatic heterocycles. The van der Waals surface area contributed by atoms with Crippen molar-refractivity contribution in [3.8, 4) is 11.5 Å². The third kappa shape index (κ3) is 3.72. The molecule has 2 rings (SSSR count). The van der Waals surface area contributed by atoms with Crippen molar-refractivity contribution in [1.29, 1.82) is 0 Å². The minimum atomic E-state index is -0.632. The van der Waals surface area contributed by atoms with Crippen LogP contribution >= 0.6 is 0 Å². The zero-order valence-corrected chi connectivity index (χ0v) is 11.8. The summed E-state index contributed by atoms with van der Waals surface area (Å²) in [4.78, 5) is 21.7. The van der Waals surface area contributed by atoms with E-state index in [1.807, 2.05) is 19.1 Å². The van der Waals surface area contributed by atoms with Gasteiger partial charge in [0.05, 0.1) is 16.7 Å². The number of phenolic OH excluding ortho intramolecular Hbond substituents is 1. The molecule has 0 saturated carbocycles. The Morgan fingerprint density at radius 2 is 2.05 bits per heavy atom. The van der Waals surface area contributed by atoms with Crippen LogP contribution in [0.2, 0.25) is 0 Å². The molecular weight excluding hydrogens is 288 g/mol. The quantitative estimate of drug-likeness (QED) is 0.502. The molecule has 7 heteroatoms. The molecule has 22 heavy (non-hydrogen) atoms. The predicted molar refractivity (Wildman–Crippen MR) is 80.1 cm³/mol. The highest BCUT2D eigenvalue weighted by atomic mass is 16.6. The molecule has 0 aliphatic rings. The van der Waals surface area contributed by atoms with Crippen molar-refractivity contribution < 1.29 is 19.6 Å². The number of phenols is 1. The van der Waals surface area contributed by atoms with E-state index < -0.39 is 10.8 Å². The summed E-state index contributed by atoms with van der Waals surface area (Å²) in [7, 11) is 0. The molecule has 7 nitrogen and oxygen atoms in total. The largest absolute Gasteiger partial charge is 0.506 e. The van der Waals surface area contributed by atoms with Crippen LogP contribution in [0.15, 0.2) is 42.5 Å². The maximum absolute atomic E-state index is 11.8. The van der Waals surface area contributed by atoms with Gasteiger partial charge in [0.15, 0.2) is 6.61 Å². The van der Waals surface area contributed by atoms with E-state index in [9.17, 15) is 20.0 Å². The van der Waals surface area contributed by atoms with Crippen molar-refractivity contribution >= 4 is 17.3 Å². The minimum Gasteiger partial charge on any atom is -0.506 e. The van der Waals surface area contributed by atoms with Crippen molar-refractivity contribution in [2.24, 2.45) is 0 Å². The molecule has 0 bridgehead atoms. The number of nitro groups is 1. The Morgan fingerprint density at radius 3 is 2.68 bits per heavy atom. The maximum Gasteiger partial charge on any atom is 0.273 e. The van der Waals surface area contributed by atoms with Crippen LogP contribution in [0.25, 0.3) is 0 Å². The second kappa shape index (κ2) is 6.57. The smallest absolute Gasteiger partial charge is 0.273 e. The summed E-state index contributed by atoms with van der Waals surface area (Å²) in [6.07, 6.45) is 0. The fourth-order valence-corrected chi connectivity index (χ4v) is 1.79. The van der Waals surface area contributed by atoms with Crippen LogP contribution in [0.1, 0.15) is 5.56 Å². The number of carbonyl (C=O) groups is 1. The summed E-state index contributed by atoms with van der Waals surface area (Å²) in [5, 5.41) is 22.7. The Kier molecular flexibility index (Phi) is 4.57. The number of non-ortho nitro benzene ring substituents is 1. The van der Waals surface area contributed by atoms with E-state index in [1.54, 1.807) is 12.1 Å². The van der Waals surface area contributed by atoms with E-state index in [2.05, 4.69) is 5.32 Å². The first-order chi connectivity index (χ1) is 10.5. The van der Waals surface area contributed by atoms with Gasteiger partial charge in [0.25, 0.3) is 11.6 Å². The van der Waals surface area contributed by atoms with Crippen LogP contribution < -0.4 is 10.1 Å².